The van der Waals surface area contributed by atoms with E-state index < -0.39 is 0 Å². The number of likely N-dealkylation sites (N-methyl/N-ethyl adjacent to an activating group) is 1. The Bertz CT molecular complexity index is 1310. The maximum Gasteiger partial charge on any atom is 0.179 e. The zero-order valence-electron chi connectivity index (χ0n) is 20.3. The normalized spacial score (nSPS) is 16.5. The molecule has 1 atom stereocenters. The second-order valence-electron chi connectivity index (χ2n) is 9.51. The highest BCUT2D eigenvalue weighted by Gasteiger charge is 2.26. The van der Waals surface area contributed by atoms with Crippen molar-refractivity contribution in [3.05, 3.63) is 54.0 Å². The van der Waals surface area contributed by atoms with E-state index in [9.17, 15) is 4.79 Å². The number of piperidine rings is 1. The van der Waals surface area contributed by atoms with Crippen LogP contribution in [0.5, 0.6) is 5.75 Å². The number of hydrogen-bond acceptors (Lipinski definition) is 5. The Morgan fingerprint density at radius 2 is 2.03 bits per heavy atom. The molecule has 0 aliphatic carbocycles. The van der Waals surface area contributed by atoms with Crippen LogP contribution in [0.3, 0.4) is 0 Å². The van der Waals surface area contributed by atoms with Gasteiger partial charge in [0.25, 0.3) is 0 Å². The summed E-state index contributed by atoms with van der Waals surface area (Å²) in [5.41, 5.74) is 6.90. The van der Waals surface area contributed by atoms with Crippen molar-refractivity contribution in [2.24, 2.45) is 0 Å². The largest absolute Gasteiger partial charge is 0.493 e. The summed E-state index contributed by atoms with van der Waals surface area (Å²) in [7, 11) is 3.53. The monoisotopic (exact) mass is 459 g/mol. The van der Waals surface area contributed by atoms with E-state index in [1.807, 2.05) is 17.6 Å². The first-order valence-electron chi connectivity index (χ1n) is 12.1. The number of aromatic nitrogens is 3. The molecule has 1 aliphatic heterocycles. The molecule has 1 aromatic carbocycles. The van der Waals surface area contributed by atoms with E-state index in [4.69, 9.17) is 4.74 Å². The number of rotatable bonds is 7. The van der Waals surface area contributed by atoms with Crippen molar-refractivity contribution in [2.75, 3.05) is 27.2 Å². The Balaban J connectivity index is 1.52. The smallest absolute Gasteiger partial charge is 0.179 e. The summed E-state index contributed by atoms with van der Waals surface area (Å²) in [6, 6.07) is 8.94. The lowest BCUT2D eigenvalue weighted by atomic mass is 9.87. The van der Waals surface area contributed by atoms with Crippen molar-refractivity contribution in [1.82, 2.24) is 24.6 Å². The van der Waals surface area contributed by atoms with E-state index in [0.29, 0.717) is 11.8 Å². The minimum atomic E-state index is -0.187. The molecule has 1 fully saturated rings. The molecule has 4 heterocycles. The van der Waals surface area contributed by atoms with Crippen LogP contribution < -0.4 is 10.1 Å². The maximum atomic E-state index is 11.3. The van der Waals surface area contributed by atoms with E-state index in [-0.39, 0.29) is 6.17 Å². The molecule has 34 heavy (non-hydrogen) atoms. The van der Waals surface area contributed by atoms with Gasteiger partial charge in [0.1, 0.15) is 6.17 Å². The van der Waals surface area contributed by atoms with Crippen LogP contribution in [0.15, 0.2) is 42.9 Å². The lowest BCUT2D eigenvalue weighted by molar-refractivity contribution is -0.113. The predicted octanol–water partition coefficient (Wildman–Crippen LogP) is 4.54. The molecule has 7 nitrogen and oxygen atoms in total. The molecule has 0 saturated carbocycles. The van der Waals surface area contributed by atoms with Crippen LogP contribution in [0.4, 0.5) is 0 Å². The van der Waals surface area contributed by atoms with Gasteiger partial charge in [0.2, 0.25) is 0 Å². The zero-order chi connectivity index (χ0) is 23.8. The van der Waals surface area contributed by atoms with Gasteiger partial charge < -0.3 is 18.9 Å². The van der Waals surface area contributed by atoms with Crippen LogP contribution in [0, 0.1) is 0 Å². The summed E-state index contributed by atoms with van der Waals surface area (Å²) >= 11 is 0. The van der Waals surface area contributed by atoms with Crippen molar-refractivity contribution in [2.45, 2.75) is 44.7 Å². The second-order valence-corrected chi connectivity index (χ2v) is 9.51. The molecular formula is C27H33N5O2. The number of nitrogens with one attached hydrogen (secondary N) is 2. The highest BCUT2D eigenvalue weighted by Crippen LogP contribution is 2.39. The number of fused-ring (bicyclic) bond motifs is 2. The van der Waals surface area contributed by atoms with E-state index >= 15 is 0 Å². The van der Waals surface area contributed by atoms with Gasteiger partial charge in [-0.15, -0.1) is 0 Å². The van der Waals surface area contributed by atoms with Gasteiger partial charge in [0.05, 0.1) is 12.8 Å². The summed E-state index contributed by atoms with van der Waals surface area (Å²) in [6.45, 7) is 6.35. The average Bonchev–Trinajstić information content (AvgIpc) is 3.49. The SMILES string of the molecule is CNC(C=O)N1CCC(c2ccc3[nH]c(-c4cc(OC)c5nccn5c4)c(C(C)C)c3c2)CC1. The van der Waals surface area contributed by atoms with E-state index in [1.165, 1.54) is 16.5 Å². The lowest BCUT2D eigenvalue weighted by Crippen LogP contribution is -2.48. The number of H-pyrrole nitrogens is 1. The Kier molecular flexibility index (Phi) is 6.15. The highest BCUT2D eigenvalue weighted by molar-refractivity contribution is 5.92. The summed E-state index contributed by atoms with van der Waals surface area (Å²) in [6.07, 6.45) is 8.78. The molecule has 0 bridgehead atoms. The minimum Gasteiger partial charge on any atom is -0.493 e. The topological polar surface area (TPSA) is 74.7 Å². The molecule has 0 amide bonds. The molecule has 178 valence electrons. The first-order chi connectivity index (χ1) is 16.5. The molecule has 2 N–H and O–H groups in total. The first-order valence-corrected chi connectivity index (χ1v) is 12.1. The number of nitrogens with zero attached hydrogens (tertiary/aromatic N) is 3. The van der Waals surface area contributed by atoms with Crippen molar-refractivity contribution < 1.29 is 9.53 Å². The van der Waals surface area contributed by atoms with Gasteiger partial charge >= 0.3 is 0 Å². The Morgan fingerprint density at radius 1 is 1.24 bits per heavy atom. The van der Waals surface area contributed by atoms with Gasteiger partial charge in [-0.2, -0.15) is 0 Å². The van der Waals surface area contributed by atoms with Gasteiger partial charge in [0, 0.05) is 48.1 Å². The first kappa shape index (κ1) is 22.6. The summed E-state index contributed by atoms with van der Waals surface area (Å²) < 4.78 is 7.65. The number of likely N-dealkylation sites (tertiary alicyclic amines) is 1. The minimum absolute atomic E-state index is 0.187. The molecule has 1 unspecified atom stereocenters. The number of imidazole rings is 1. The van der Waals surface area contributed by atoms with Gasteiger partial charge in [0.15, 0.2) is 17.7 Å². The number of methoxy groups -OCH3 is 1. The molecule has 7 heteroatoms. The number of carbonyl (C=O) groups is 1. The number of benzene rings is 1. The van der Waals surface area contributed by atoms with Crippen LogP contribution in [-0.4, -0.2) is 59.0 Å². The number of aromatic amines is 1. The number of aldehydes is 1. The Morgan fingerprint density at radius 3 is 2.71 bits per heavy atom. The quantitative estimate of drug-likeness (QED) is 0.397. The second kappa shape index (κ2) is 9.24. The third-order valence-electron chi connectivity index (χ3n) is 7.22. The molecule has 1 saturated heterocycles. The van der Waals surface area contributed by atoms with Crippen LogP contribution in [-0.2, 0) is 4.79 Å². The van der Waals surface area contributed by atoms with Crippen LogP contribution >= 0.6 is 0 Å². The van der Waals surface area contributed by atoms with E-state index in [2.05, 4.69) is 64.5 Å². The molecular weight excluding hydrogens is 426 g/mol. The number of ether oxygens (including phenoxy) is 1. The van der Waals surface area contributed by atoms with Gasteiger partial charge in [-0.1, -0.05) is 19.9 Å². The fourth-order valence-electron chi connectivity index (χ4n) is 5.45. The molecule has 5 rings (SSSR count). The molecule has 4 aromatic rings. The van der Waals surface area contributed by atoms with Crippen molar-refractivity contribution >= 4 is 22.8 Å². The molecule has 3 aromatic heterocycles. The third kappa shape index (κ3) is 3.89. The highest BCUT2D eigenvalue weighted by atomic mass is 16.5. The summed E-state index contributed by atoms with van der Waals surface area (Å²) in [5.74, 6) is 1.62. The van der Waals surface area contributed by atoms with Crippen molar-refractivity contribution in [3.8, 4) is 17.0 Å². The fraction of sp³-hybridized carbons (Fsp3) is 0.407. The third-order valence-corrected chi connectivity index (χ3v) is 7.22. The van der Waals surface area contributed by atoms with Crippen molar-refractivity contribution in [3.63, 3.8) is 0 Å². The van der Waals surface area contributed by atoms with Crippen molar-refractivity contribution in [1.29, 1.82) is 0 Å². The Hall–Kier alpha value is -3.16. The molecule has 0 spiro atoms. The van der Waals surface area contributed by atoms with E-state index in [1.54, 1.807) is 13.3 Å². The molecule has 1 aliphatic rings. The predicted molar refractivity (Wildman–Crippen MR) is 136 cm³/mol. The van der Waals surface area contributed by atoms with Gasteiger partial charge in [-0.25, -0.2) is 4.98 Å². The van der Waals surface area contributed by atoms with E-state index in [0.717, 1.165) is 60.4 Å². The number of pyridine rings is 1. The zero-order valence-corrected chi connectivity index (χ0v) is 20.3. The number of hydrogen-bond donors (Lipinski definition) is 2. The van der Waals surface area contributed by atoms with Gasteiger partial charge in [-0.3, -0.25) is 10.2 Å². The van der Waals surface area contributed by atoms with Crippen LogP contribution in [0.1, 0.15) is 49.7 Å². The average molecular weight is 460 g/mol. The lowest BCUT2D eigenvalue weighted by Gasteiger charge is -2.35. The van der Waals surface area contributed by atoms with Gasteiger partial charge in [-0.05, 0) is 61.1 Å². The molecule has 0 radical (unpaired) electrons. The standard InChI is InChI=1S/C27H33N5O2/c1-17(2)25-21-13-19(18-7-10-31(11-8-18)24(16-33)28-3)5-6-22(21)30-26(25)20-14-23(34-4)27-29-9-12-32(27)15-20/h5-6,9,12-18,24,28,30H,7-8,10-11H2,1-4H3. The number of carbonyl (C=O) groups excluding carboxylic acids is 1. The van der Waals surface area contributed by atoms with Crippen LogP contribution in [0.2, 0.25) is 0 Å². The maximum absolute atomic E-state index is 11.3. The summed E-state index contributed by atoms with van der Waals surface area (Å²) in [4.78, 5) is 21.7. The fourth-order valence-corrected chi connectivity index (χ4v) is 5.45. The summed E-state index contributed by atoms with van der Waals surface area (Å²) in [5, 5.41) is 4.38. The van der Waals surface area contributed by atoms with Crippen LogP contribution in [0.25, 0.3) is 27.8 Å². The Labute approximate surface area is 200 Å².